The number of piperidine rings is 1. The van der Waals surface area contributed by atoms with Gasteiger partial charge in [-0.3, -0.25) is 9.59 Å². The number of anilines is 1. The topological polar surface area (TPSA) is 91.5 Å². The number of ether oxygens (including phenoxy) is 1. The van der Waals surface area contributed by atoms with Gasteiger partial charge < -0.3 is 19.9 Å². The Labute approximate surface area is 189 Å². The smallest absolute Gasteiger partial charge is 0.339 e. The lowest BCUT2D eigenvalue weighted by molar-refractivity contribution is 0.0597. The molecule has 172 valence electrons. The minimum atomic E-state index is -0.452. The molecule has 1 saturated heterocycles. The zero-order valence-electron chi connectivity index (χ0n) is 19.6. The van der Waals surface area contributed by atoms with E-state index in [1.807, 2.05) is 24.8 Å². The normalized spacial score (nSPS) is 16.0. The lowest BCUT2D eigenvalue weighted by atomic mass is 10.0. The third-order valence-corrected chi connectivity index (χ3v) is 6.19. The molecule has 2 heterocycles. The van der Waals surface area contributed by atoms with Gasteiger partial charge in [-0.1, -0.05) is 13.3 Å². The van der Waals surface area contributed by atoms with E-state index in [0.717, 1.165) is 37.8 Å². The van der Waals surface area contributed by atoms with E-state index in [9.17, 15) is 14.4 Å². The number of benzene rings is 1. The second kappa shape index (κ2) is 10.0. The molecular formula is C25H33N3O4. The number of amides is 2. The van der Waals surface area contributed by atoms with Crippen LogP contribution in [0.2, 0.25) is 0 Å². The molecule has 7 heteroatoms. The van der Waals surface area contributed by atoms with E-state index in [4.69, 9.17) is 4.74 Å². The second-order valence-corrected chi connectivity index (χ2v) is 8.55. The number of nitrogens with zero attached hydrogens (tertiary/aromatic N) is 1. The lowest BCUT2D eigenvalue weighted by Gasteiger charge is -2.33. The van der Waals surface area contributed by atoms with Gasteiger partial charge in [-0.05, 0) is 75.8 Å². The second-order valence-electron chi connectivity index (χ2n) is 8.55. The zero-order valence-corrected chi connectivity index (χ0v) is 19.6. The van der Waals surface area contributed by atoms with Crippen LogP contribution >= 0.6 is 0 Å². The average Bonchev–Trinajstić information content (AvgIpc) is 3.10. The third-order valence-electron chi connectivity index (χ3n) is 6.19. The fourth-order valence-corrected chi connectivity index (χ4v) is 4.44. The van der Waals surface area contributed by atoms with Gasteiger partial charge in [-0.2, -0.15) is 0 Å². The fraction of sp³-hybridized carbons (Fsp3) is 0.480. The van der Waals surface area contributed by atoms with Crippen molar-refractivity contribution in [2.24, 2.45) is 0 Å². The first kappa shape index (κ1) is 23.6. The van der Waals surface area contributed by atoms with Crippen LogP contribution in [0.3, 0.4) is 0 Å². The molecule has 0 spiro atoms. The highest BCUT2D eigenvalue weighted by Crippen LogP contribution is 2.25. The van der Waals surface area contributed by atoms with E-state index in [1.165, 1.54) is 7.11 Å². The monoisotopic (exact) mass is 439 g/mol. The van der Waals surface area contributed by atoms with Crippen molar-refractivity contribution in [2.45, 2.75) is 65.8 Å². The number of carbonyl (C=O) groups excluding carboxylic acids is 3. The number of hydrogen-bond acceptors (Lipinski definition) is 4. The molecule has 0 bridgehead atoms. The van der Waals surface area contributed by atoms with Crippen molar-refractivity contribution < 1.29 is 19.1 Å². The Hall–Kier alpha value is -3.09. The first-order valence-corrected chi connectivity index (χ1v) is 11.3. The van der Waals surface area contributed by atoms with Crippen molar-refractivity contribution in [3.05, 3.63) is 51.8 Å². The molecule has 7 nitrogen and oxygen atoms in total. The van der Waals surface area contributed by atoms with Crippen LogP contribution in [0, 0.1) is 13.8 Å². The van der Waals surface area contributed by atoms with E-state index in [2.05, 4.69) is 17.2 Å². The number of aromatic nitrogens is 1. The molecule has 1 aliphatic rings. The maximum Gasteiger partial charge on any atom is 0.339 e. The third kappa shape index (κ3) is 4.71. The van der Waals surface area contributed by atoms with E-state index in [0.29, 0.717) is 40.2 Å². The van der Waals surface area contributed by atoms with Crippen molar-refractivity contribution in [3.63, 3.8) is 0 Å². The molecule has 1 unspecified atom stereocenters. The Kier molecular flexibility index (Phi) is 7.38. The van der Waals surface area contributed by atoms with Gasteiger partial charge in [0.2, 0.25) is 0 Å². The van der Waals surface area contributed by atoms with E-state index < -0.39 is 5.97 Å². The van der Waals surface area contributed by atoms with Gasteiger partial charge in [-0.25, -0.2) is 4.79 Å². The number of nitrogens with one attached hydrogen (secondary N) is 2. The molecule has 0 aliphatic carbocycles. The van der Waals surface area contributed by atoms with Crippen LogP contribution < -0.4 is 5.32 Å². The molecule has 32 heavy (non-hydrogen) atoms. The first-order chi connectivity index (χ1) is 15.3. The molecule has 1 aromatic carbocycles. The Morgan fingerprint density at radius 3 is 2.59 bits per heavy atom. The summed E-state index contributed by atoms with van der Waals surface area (Å²) >= 11 is 0. The fourth-order valence-electron chi connectivity index (χ4n) is 4.44. The lowest BCUT2D eigenvalue weighted by Crippen LogP contribution is -2.42. The molecule has 2 amide bonds. The highest BCUT2D eigenvalue weighted by Gasteiger charge is 2.26. The number of likely N-dealkylation sites (tertiary alicyclic amines) is 1. The molecule has 2 aromatic rings. The van der Waals surface area contributed by atoms with Crippen LogP contribution in [0.5, 0.6) is 0 Å². The summed E-state index contributed by atoms with van der Waals surface area (Å²) in [5.41, 5.74) is 4.13. The van der Waals surface area contributed by atoms with Crippen LogP contribution in [0.1, 0.15) is 87.6 Å². The average molecular weight is 440 g/mol. The minimum Gasteiger partial charge on any atom is -0.465 e. The summed E-state index contributed by atoms with van der Waals surface area (Å²) in [7, 11) is 1.33. The van der Waals surface area contributed by atoms with Crippen LogP contribution in [-0.2, 0) is 11.2 Å². The molecule has 0 radical (unpaired) electrons. The number of hydrogen-bond donors (Lipinski definition) is 2. The highest BCUT2D eigenvalue weighted by atomic mass is 16.5. The summed E-state index contributed by atoms with van der Waals surface area (Å²) in [6.45, 7) is 8.50. The van der Waals surface area contributed by atoms with Crippen molar-refractivity contribution >= 4 is 23.5 Å². The first-order valence-electron chi connectivity index (χ1n) is 11.3. The van der Waals surface area contributed by atoms with E-state index >= 15 is 0 Å². The SMILES string of the molecule is CCCc1c(C(=O)Nc2ccc(C(=O)N3CCCCC3C)cc2C)[nH]c(C)c1C(=O)OC. The predicted octanol–water partition coefficient (Wildman–Crippen LogP) is 4.64. The van der Waals surface area contributed by atoms with Gasteiger partial charge >= 0.3 is 5.97 Å². The van der Waals surface area contributed by atoms with Crippen LogP contribution in [-0.4, -0.2) is 47.4 Å². The molecule has 2 N–H and O–H groups in total. The largest absolute Gasteiger partial charge is 0.465 e. The quantitative estimate of drug-likeness (QED) is 0.642. The van der Waals surface area contributed by atoms with Crippen LogP contribution in [0.4, 0.5) is 5.69 Å². The number of aromatic amines is 1. The summed E-state index contributed by atoms with van der Waals surface area (Å²) in [5, 5.41) is 2.93. The number of esters is 1. The molecule has 1 aromatic heterocycles. The van der Waals surface area contributed by atoms with E-state index in [-0.39, 0.29) is 17.9 Å². The summed E-state index contributed by atoms with van der Waals surface area (Å²) in [4.78, 5) is 43.2. The summed E-state index contributed by atoms with van der Waals surface area (Å²) < 4.78 is 4.90. The van der Waals surface area contributed by atoms with Crippen LogP contribution in [0.15, 0.2) is 18.2 Å². The van der Waals surface area contributed by atoms with Crippen molar-refractivity contribution in [1.82, 2.24) is 9.88 Å². The predicted molar refractivity (Wildman–Crippen MR) is 124 cm³/mol. The molecule has 3 rings (SSSR count). The van der Waals surface area contributed by atoms with Gasteiger partial charge in [0.05, 0.1) is 12.7 Å². The number of rotatable bonds is 6. The Bertz CT molecular complexity index is 1020. The van der Waals surface area contributed by atoms with Gasteiger partial charge in [0.1, 0.15) is 5.69 Å². The summed E-state index contributed by atoms with van der Waals surface area (Å²) in [6, 6.07) is 5.60. The van der Waals surface area contributed by atoms with Gasteiger partial charge in [0.25, 0.3) is 11.8 Å². The molecule has 0 saturated carbocycles. The molecule has 1 atom stereocenters. The van der Waals surface area contributed by atoms with Gasteiger partial charge in [0, 0.05) is 29.5 Å². The highest BCUT2D eigenvalue weighted by molar-refractivity contribution is 6.07. The van der Waals surface area contributed by atoms with Crippen molar-refractivity contribution in [3.8, 4) is 0 Å². The number of aryl methyl sites for hydroxylation is 2. The molecule has 1 aliphatic heterocycles. The van der Waals surface area contributed by atoms with Crippen LogP contribution in [0.25, 0.3) is 0 Å². The maximum absolute atomic E-state index is 13.1. The maximum atomic E-state index is 13.1. The Morgan fingerprint density at radius 1 is 1.22 bits per heavy atom. The number of methoxy groups -OCH3 is 1. The summed E-state index contributed by atoms with van der Waals surface area (Å²) in [6.07, 6.45) is 4.59. The zero-order chi connectivity index (χ0) is 23.4. The van der Waals surface area contributed by atoms with Gasteiger partial charge in [0.15, 0.2) is 0 Å². The summed E-state index contributed by atoms with van der Waals surface area (Å²) in [5.74, 6) is -0.739. The number of carbonyl (C=O) groups is 3. The number of H-pyrrole nitrogens is 1. The van der Waals surface area contributed by atoms with Crippen molar-refractivity contribution in [1.29, 1.82) is 0 Å². The Balaban J connectivity index is 1.83. The standard InChI is InChI=1S/C25H33N3O4/c1-6-9-19-21(25(31)32-5)17(4)26-22(19)23(29)27-20-12-11-18(14-15(20)2)24(30)28-13-8-7-10-16(28)3/h11-12,14,16,26H,6-10,13H2,1-5H3,(H,27,29). The molecule has 1 fully saturated rings. The Morgan fingerprint density at radius 2 is 1.97 bits per heavy atom. The minimum absolute atomic E-state index is 0.0334. The van der Waals surface area contributed by atoms with E-state index in [1.54, 1.807) is 19.1 Å². The van der Waals surface area contributed by atoms with Gasteiger partial charge in [-0.15, -0.1) is 0 Å². The molecular weight excluding hydrogens is 406 g/mol. The van der Waals surface area contributed by atoms with Crippen molar-refractivity contribution in [2.75, 3.05) is 19.0 Å².